The molecule has 0 unspecified atom stereocenters. The van der Waals surface area contributed by atoms with Crippen LogP contribution in [0.15, 0.2) is 87.7 Å². The van der Waals surface area contributed by atoms with E-state index in [1.165, 1.54) is 11.6 Å². The number of nitrogens with zero attached hydrogens (tertiary/aromatic N) is 1. The van der Waals surface area contributed by atoms with Crippen LogP contribution < -0.4 is 10.6 Å². The predicted molar refractivity (Wildman–Crippen MR) is 156 cm³/mol. The number of nitrogens with one attached hydrogen (secondary N) is 2. The summed E-state index contributed by atoms with van der Waals surface area (Å²) in [5.74, 6) is 1.32. The van der Waals surface area contributed by atoms with Crippen molar-refractivity contribution in [3.8, 4) is 22.8 Å². The van der Waals surface area contributed by atoms with Gasteiger partial charge in [0, 0.05) is 27.9 Å². The van der Waals surface area contributed by atoms with Gasteiger partial charge in [0.1, 0.15) is 17.0 Å². The molecule has 6 nitrogen and oxygen atoms in total. The van der Waals surface area contributed by atoms with Crippen molar-refractivity contribution < 1.29 is 13.6 Å². The lowest BCUT2D eigenvalue weighted by Crippen LogP contribution is -2.32. The minimum Gasteiger partial charge on any atom is -0.457 e. The van der Waals surface area contributed by atoms with Gasteiger partial charge in [0.25, 0.3) is 0 Å². The number of aromatic nitrogens is 1. The minimum absolute atomic E-state index is 0.163. The molecule has 0 aliphatic heterocycles. The van der Waals surface area contributed by atoms with Crippen LogP contribution in [0, 0.1) is 6.92 Å². The first-order valence-corrected chi connectivity index (χ1v) is 12.8. The van der Waals surface area contributed by atoms with Crippen molar-refractivity contribution in [1.82, 2.24) is 10.3 Å². The molecule has 0 saturated carbocycles. The van der Waals surface area contributed by atoms with Crippen molar-refractivity contribution in [3.05, 3.63) is 101 Å². The van der Waals surface area contributed by atoms with Gasteiger partial charge >= 0.3 is 0 Å². The Morgan fingerprint density at radius 3 is 2.71 bits per heavy atom. The van der Waals surface area contributed by atoms with Crippen LogP contribution in [0.5, 0.6) is 0 Å². The van der Waals surface area contributed by atoms with E-state index >= 15 is 0 Å². The molecule has 0 fully saturated rings. The molecular formula is C30H24ClN3O3S. The molecule has 5 rings (SSSR count). The Hall–Kier alpha value is -4.20. The van der Waals surface area contributed by atoms with Gasteiger partial charge in [-0.3, -0.25) is 10.1 Å². The van der Waals surface area contributed by atoms with E-state index in [9.17, 15) is 4.79 Å². The van der Waals surface area contributed by atoms with Gasteiger partial charge in [0.15, 0.2) is 10.7 Å². The average Bonchev–Trinajstić information content (AvgIpc) is 3.56. The number of hydrogen-bond donors (Lipinski definition) is 2. The number of thiocarbonyl (C=S) groups is 1. The highest BCUT2D eigenvalue weighted by Crippen LogP contribution is 2.28. The maximum Gasteiger partial charge on any atom is 0.250 e. The normalized spacial score (nSPS) is 11.2. The zero-order valence-electron chi connectivity index (χ0n) is 20.7. The third-order valence-corrected chi connectivity index (χ3v) is 6.56. The molecule has 0 bridgehead atoms. The Morgan fingerprint density at radius 2 is 1.89 bits per heavy atom. The number of carbonyl (C=O) groups excluding carboxylic acids is 1. The summed E-state index contributed by atoms with van der Waals surface area (Å²) in [6.07, 6.45) is 3.87. The van der Waals surface area contributed by atoms with Gasteiger partial charge < -0.3 is 14.2 Å². The van der Waals surface area contributed by atoms with Crippen LogP contribution in [0.1, 0.15) is 23.8 Å². The van der Waals surface area contributed by atoms with Crippen LogP contribution in [0.4, 0.5) is 5.69 Å². The third-order valence-electron chi connectivity index (χ3n) is 5.95. The maximum atomic E-state index is 12.4. The van der Waals surface area contributed by atoms with E-state index in [-0.39, 0.29) is 11.0 Å². The lowest BCUT2D eigenvalue weighted by atomic mass is 10.1. The van der Waals surface area contributed by atoms with E-state index < -0.39 is 0 Å². The SMILES string of the molecule is CCc1ccc2oc(-c3cccc(NC(=S)NC(=O)/C=C/c4ccc(-c5ccc(C)c(Cl)c5)o4)c3)nc2c1. The number of hydrogen-bond acceptors (Lipinski definition) is 5. The lowest BCUT2D eigenvalue weighted by Gasteiger charge is -2.08. The van der Waals surface area contributed by atoms with Gasteiger partial charge in [-0.25, -0.2) is 4.98 Å². The second-order valence-electron chi connectivity index (χ2n) is 8.70. The molecule has 1 amide bonds. The van der Waals surface area contributed by atoms with Crippen LogP contribution in [0.25, 0.3) is 40.0 Å². The standard InChI is InChI=1S/C30H24ClN3O3S/c1-3-19-8-12-27-25(15-19)33-29(37-27)21-5-4-6-22(16-21)32-30(38)34-28(35)14-11-23-10-13-26(36-23)20-9-7-18(2)24(31)17-20/h4-17H,3H2,1-2H3,(H2,32,34,35,38)/b14-11+. The zero-order chi connectivity index (χ0) is 26.6. The topological polar surface area (TPSA) is 80.3 Å². The summed E-state index contributed by atoms with van der Waals surface area (Å²) in [6.45, 7) is 4.04. The van der Waals surface area contributed by atoms with Crippen molar-refractivity contribution in [3.63, 3.8) is 0 Å². The van der Waals surface area contributed by atoms with Gasteiger partial charge in [0.2, 0.25) is 11.8 Å². The van der Waals surface area contributed by atoms with Crippen molar-refractivity contribution in [2.45, 2.75) is 20.3 Å². The van der Waals surface area contributed by atoms with Crippen LogP contribution in [-0.2, 0) is 11.2 Å². The molecule has 0 spiro atoms. The molecule has 190 valence electrons. The third kappa shape index (κ3) is 5.85. The smallest absolute Gasteiger partial charge is 0.250 e. The van der Waals surface area contributed by atoms with Crippen molar-refractivity contribution in [2.75, 3.05) is 5.32 Å². The fraction of sp³-hybridized carbons (Fsp3) is 0.100. The van der Waals surface area contributed by atoms with Crippen LogP contribution in [-0.4, -0.2) is 16.0 Å². The molecule has 5 aromatic rings. The highest BCUT2D eigenvalue weighted by Gasteiger charge is 2.11. The Morgan fingerprint density at radius 1 is 1.03 bits per heavy atom. The molecule has 0 aliphatic carbocycles. The van der Waals surface area contributed by atoms with Crippen molar-refractivity contribution >= 4 is 57.7 Å². The fourth-order valence-corrected chi connectivity index (χ4v) is 4.26. The summed E-state index contributed by atoms with van der Waals surface area (Å²) in [6, 6.07) is 22.8. The number of benzene rings is 3. The van der Waals surface area contributed by atoms with Gasteiger partial charge in [0.05, 0.1) is 0 Å². The molecule has 0 atom stereocenters. The number of oxazole rings is 1. The Balaban J connectivity index is 1.20. The minimum atomic E-state index is -0.388. The lowest BCUT2D eigenvalue weighted by molar-refractivity contribution is -0.115. The van der Waals surface area contributed by atoms with E-state index in [0.29, 0.717) is 28.1 Å². The number of anilines is 1. The van der Waals surface area contributed by atoms with Crippen molar-refractivity contribution in [2.24, 2.45) is 0 Å². The van der Waals surface area contributed by atoms with E-state index in [1.54, 1.807) is 12.1 Å². The molecule has 0 radical (unpaired) electrons. The van der Waals surface area contributed by atoms with Crippen molar-refractivity contribution in [1.29, 1.82) is 0 Å². The largest absolute Gasteiger partial charge is 0.457 e. The molecule has 0 saturated heterocycles. The van der Waals surface area contributed by atoms with Gasteiger partial charge in [-0.2, -0.15) is 0 Å². The van der Waals surface area contributed by atoms with Crippen LogP contribution >= 0.6 is 23.8 Å². The van der Waals surface area contributed by atoms with Gasteiger partial charge in [-0.1, -0.05) is 42.8 Å². The number of amides is 1. The van der Waals surface area contributed by atoms with E-state index in [1.807, 2.05) is 73.7 Å². The number of fused-ring (bicyclic) bond motifs is 1. The molecule has 2 N–H and O–H groups in total. The highest BCUT2D eigenvalue weighted by atomic mass is 35.5. The van der Waals surface area contributed by atoms with Gasteiger partial charge in [-0.15, -0.1) is 0 Å². The molecule has 38 heavy (non-hydrogen) atoms. The first-order valence-electron chi connectivity index (χ1n) is 12.0. The Labute approximate surface area is 230 Å². The second kappa shape index (κ2) is 11.0. The monoisotopic (exact) mass is 541 g/mol. The number of aryl methyl sites for hydroxylation is 2. The summed E-state index contributed by atoms with van der Waals surface area (Å²) in [4.78, 5) is 17.0. The summed E-state index contributed by atoms with van der Waals surface area (Å²) in [5, 5.41) is 6.50. The molecule has 2 aromatic heterocycles. The summed E-state index contributed by atoms with van der Waals surface area (Å²) < 4.78 is 11.7. The predicted octanol–water partition coefficient (Wildman–Crippen LogP) is 7.81. The molecule has 2 heterocycles. The number of carbonyl (C=O) groups is 1. The van der Waals surface area contributed by atoms with E-state index in [0.717, 1.165) is 34.2 Å². The number of rotatable bonds is 6. The average molecular weight is 542 g/mol. The number of furan rings is 1. The number of halogens is 1. The fourth-order valence-electron chi connectivity index (χ4n) is 3.86. The first-order chi connectivity index (χ1) is 18.4. The van der Waals surface area contributed by atoms with Crippen LogP contribution in [0.2, 0.25) is 5.02 Å². The Kier molecular flexibility index (Phi) is 7.40. The molecule has 0 aliphatic rings. The van der Waals surface area contributed by atoms with Crippen LogP contribution in [0.3, 0.4) is 0 Å². The molecule has 3 aromatic carbocycles. The summed E-state index contributed by atoms with van der Waals surface area (Å²) in [7, 11) is 0. The first kappa shape index (κ1) is 25.4. The molecular weight excluding hydrogens is 518 g/mol. The van der Waals surface area contributed by atoms with E-state index in [4.69, 9.17) is 32.7 Å². The summed E-state index contributed by atoms with van der Waals surface area (Å²) in [5.41, 5.74) is 6.09. The molecule has 8 heteroatoms. The maximum absolute atomic E-state index is 12.4. The van der Waals surface area contributed by atoms with E-state index in [2.05, 4.69) is 22.5 Å². The van der Waals surface area contributed by atoms with Gasteiger partial charge in [-0.05, 0) is 91.3 Å². The Bertz CT molecular complexity index is 1690. The summed E-state index contributed by atoms with van der Waals surface area (Å²) >= 11 is 11.5. The zero-order valence-corrected chi connectivity index (χ0v) is 22.3. The highest BCUT2D eigenvalue weighted by molar-refractivity contribution is 7.80. The quantitative estimate of drug-likeness (QED) is 0.168. The second-order valence-corrected chi connectivity index (χ2v) is 9.51.